The summed E-state index contributed by atoms with van der Waals surface area (Å²) in [7, 11) is 0. The zero-order valence-corrected chi connectivity index (χ0v) is 18.4. The Morgan fingerprint density at radius 2 is 1.75 bits per heavy atom. The number of amides is 2. The zero-order chi connectivity index (χ0) is 22.7. The molecule has 1 aliphatic rings. The molecule has 0 atom stereocenters. The molecule has 0 saturated heterocycles. The number of imide groups is 1. The molecule has 0 bridgehead atoms. The Bertz CT molecular complexity index is 1180. The van der Waals surface area contributed by atoms with Crippen LogP contribution in [0.5, 0.6) is 5.75 Å². The van der Waals surface area contributed by atoms with Crippen molar-refractivity contribution in [2.24, 2.45) is 0 Å². The fraction of sp³-hybridized carbons (Fsp3) is 0.192. The number of benzene rings is 2. The fourth-order valence-corrected chi connectivity index (χ4v) is 3.68. The predicted molar refractivity (Wildman–Crippen MR) is 124 cm³/mol. The summed E-state index contributed by atoms with van der Waals surface area (Å²) in [5.41, 5.74) is 4.99. The van der Waals surface area contributed by atoms with Gasteiger partial charge in [0.25, 0.3) is 11.8 Å². The molecule has 2 heterocycles. The van der Waals surface area contributed by atoms with Gasteiger partial charge >= 0.3 is 0 Å². The summed E-state index contributed by atoms with van der Waals surface area (Å²) in [6.45, 7) is 6.63. The summed E-state index contributed by atoms with van der Waals surface area (Å²) in [5, 5.41) is 3.25. The number of rotatable bonds is 7. The second-order valence-electron chi connectivity index (χ2n) is 7.64. The van der Waals surface area contributed by atoms with Crippen molar-refractivity contribution in [1.29, 1.82) is 0 Å². The van der Waals surface area contributed by atoms with Crippen LogP contribution in [0.2, 0.25) is 0 Å². The second kappa shape index (κ2) is 9.06. The van der Waals surface area contributed by atoms with Crippen LogP contribution in [0, 0.1) is 13.8 Å². The zero-order valence-electron chi connectivity index (χ0n) is 18.4. The van der Waals surface area contributed by atoms with Crippen molar-refractivity contribution in [2.75, 3.05) is 11.9 Å². The largest absolute Gasteiger partial charge is 0.494 e. The van der Waals surface area contributed by atoms with Crippen LogP contribution in [0.1, 0.15) is 29.2 Å². The number of pyridine rings is 1. The van der Waals surface area contributed by atoms with Crippen molar-refractivity contribution < 1.29 is 14.3 Å². The third kappa shape index (κ3) is 4.12. The lowest BCUT2D eigenvalue weighted by Gasteiger charge is -2.16. The topological polar surface area (TPSA) is 71.5 Å². The summed E-state index contributed by atoms with van der Waals surface area (Å²) >= 11 is 0. The van der Waals surface area contributed by atoms with Gasteiger partial charge in [0.1, 0.15) is 11.4 Å². The maximum absolute atomic E-state index is 13.4. The minimum absolute atomic E-state index is 0.157. The van der Waals surface area contributed by atoms with Crippen LogP contribution in [0.3, 0.4) is 0 Å². The van der Waals surface area contributed by atoms with Crippen LogP contribution in [-0.2, 0) is 16.1 Å². The van der Waals surface area contributed by atoms with Gasteiger partial charge in [0, 0.05) is 18.1 Å². The highest BCUT2D eigenvalue weighted by Gasteiger charge is 2.39. The molecular formula is C26H25N3O3. The van der Waals surface area contributed by atoms with Gasteiger partial charge < -0.3 is 10.1 Å². The first-order valence-corrected chi connectivity index (χ1v) is 10.6. The Kier molecular flexibility index (Phi) is 6.03. The molecule has 1 N–H and O–H groups in total. The normalized spacial score (nSPS) is 13.7. The van der Waals surface area contributed by atoms with Crippen LogP contribution >= 0.6 is 0 Å². The molecule has 162 valence electrons. The number of nitrogens with zero attached hydrogens (tertiary/aromatic N) is 2. The molecule has 0 unspecified atom stereocenters. The van der Waals surface area contributed by atoms with E-state index in [9.17, 15) is 9.59 Å². The molecule has 2 aromatic carbocycles. The predicted octanol–water partition coefficient (Wildman–Crippen LogP) is 4.49. The van der Waals surface area contributed by atoms with Crippen molar-refractivity contribution in [3.05, 3.63) is 94.9 Å². The summed E-state index contributed by atoms with van der Waals surface area (Å²) in [6.07, 6.45) is 3.32. The van der Waals surface area contributed by atoms with Crippen molar-refractivity contribution in [3.63, 3.8) is 0 Å². The van der Waals surface area contributed by atoms with Gasteiger partial charge in [-0.05, 0) is 67.3 Å². The van der Waals surface area contributed by atoms with Gasteiger partial charge in [-0.2, -0.15) is 0 Å². The first-order chi connectivity index (χ1) is 15.5. The molecule has 0 spiro atoms. The Labute approximate surface area is 187 Å². The number of ether oxygens (including phenoxy) is 1. The quantitative estimate of drug-likeness (QED) is 0.563. The van der Waals surface area contributed by atoms with Crippen LogP contribution in [0.4, 0.5) is 5.69 Å². The van der Waals surface area contributed by atoms with Crippen LogP contribution in [0.25, 0.3) is 5.57 Å². The lowest BCUT2D eigenvalue weighted by Crippen LogP contribution is -2.32. The van der Waals surface area contributed by atoms with E-state index < -0.39 is 0 Å². The summed E-state index contributed by atoms with van der Waals surface area (Å²) in [5.74, 6) is 0.0179. The SMILES string of the molecule is CCOc1ccc(C2=C(Nc3cccc(C)c3C)C(=O)N(Cc3cccnc3)C2=O)cc1. The second-order valence-corrected chi connectivity index (χ2v) is 7.64. The minimum atomic E-state index is -0.358. The van der Waals surface area contributed by atoms with Gasteiger partial charge in [0.05, 0.1) is 18.7 Å². The van der Waals surface area contributed by atoms with Gasteiger partial charge in [-0.25, -0.2) is 0 Å². The first-order valence-electron chi connectivity index (χ1n) is 10.6. The van der Waals surface area contributed by atoms with E-state index in [4.69, 9.17) is 4.74 Å². The number of hydrogen-bond donors (Lipinski definition) is 1. The Morgan fingerprint density at radius 3 is 2.44 bits per heavy atom. The molecule has 3 aromatic rings. The van der Waals surface area contributed by atoms with E-state index in [0.29, 0.717) is 23.5 Å². The molecule has 2 amide bonds. The molecule has 4 rings (SSSR count). The number of anilines is 1. The minimum Gasteiger partial charge on any atom is -0.494 e. The molecule has 0 saturated carbocycles. The molecule has 0 aliphatic carbocycles. The van der Waals surface area contributed by atoms with E-state index in [0.717, 1.165) is 22.4 Å². The van der Waals surface area contributed by atoms with E-state index in [1.54, 1.807) is 18.5 Å². The molecule has 1 aliphatic heterocycles. The monoisotopic (exact) mass is 427 g/mol. The molecule has 1 aromatic heterocycles. The smallest absolute Gasteiger partial charge is 0.278 e. The van der Waals surface area contributed by atoms with Crippen LogP contribution in [-0.4, -0.2) is 28.3 Å². The van der Waals surface area contributed by atoms with E-state index in [-0.39, 0.29) is 24.1 Å². The maximum atomic E-state index is 13.4. The average molecular weight is 428 g/mol. The number of aryl methyl sites for hydroxylation is 1. The number of carbonyl (C=O) groups is 2. The summed E-state index contributed by atoms with van der Waals surface area (Å²) < 4.78 is 5.52. The molecule has 0 fully saturated rings. The molecule has 32 heavy (non-hydrogen) atoms. The standard InChI is InChI=1S/C26H25N3O3/c1-4-32-21-12-10-20(11-13-21)23-24(28-22-9-5-7-17(2)18(22)3)26(31)29(25(23)30)16-19-8-6-14-27-15-19/h5-15,28H,4,16H2,1-3H3. The van der Waals surface area contributed by atoms with Crippen molar-refractivity contribution in [1.82, 2.24) is 9.88 Å². The Morgan fingerprint density at radius 1 is 0.969 bits per heavy atom. The van der Waals surface area contributed by atoms with Crippen molar-refractivity contribution >= 4 is 23.1 Å². The molecule has 6 heteroatoms. The van der Waals surface area contributed by atoms with E-state index in [1.165, 1.54) is 4.90 Å². The Balaban J connectivity index is 1.75. The average Bonchev–Trinajstić information content (AvgIpc) is 3.03. The third-order valence-electron chi connectivity index (χ3n) is 5.55. The highest BCUT2D eigenvalue weighted by atomic mass is 16.5. The molecule has 0 radical (unpaired) electrons. The van der Waals surface area contributed by atoms with Gasteiger partial charge in [0.2, 0.25) is 0 Å². The number of hydrogen-bond acceptors (Lipinski definition) is 5. The van der Waals surface area contributed by atoms with Gasteiger partial charge in [-0.1, -0.05) is 30.3 Å². The molecular weight excluding hydrogens is 402 g/mol. The van der Waals surface area contributed by atoms with Gasteiger partial charge in [-0.3, -0.25) is 19.5 Å². The highest BCUT2D eigenvalue weighted by Crippen LogP contribution is 2.33. The van der Waals surface area contributed by atoms with Crippen LogP contribution < -0.4 is 10.1 Å². The fourth-order valence-electron chi connectivity index (χ4n) is 3.68. The lowest BCUT2D eigenvalue weighted by molar-refractivity contribution is -0.137. The summed E-state index contributed by atoms with van der Waals surface area (Å²) in [6, 6.07) is 16.7. The van der Waals surface area contributed by atoms with Gasteiger partial charge in [-0.15, -0.1) is 0 Å². The van der Waals surface area contributed by atoms with E-state index in [2.05, 4.69) is 10.3 Å². The van der Waals surface area contributed by atoms with E-state index in [1.807, 2.05) is 69.3 Å². The van der Waals surface area contributed by atoms with E-state index >= 15 is 0 Å². The van der Waals surface area contributed by atoms with Crippen LogP contribution in [0.15, 0.2) is 72.7 Å². The number of aromatic nitrogens is 1. The lowest BCUT2D eigenvalue weighted by atomic mass is 10.0. The van der Waals surface area contributed by atoms with Gasteiger partial charge in [0.15, 0.2) is 0 Å². The Hall–Kier alpha value is -3.93. The maximum Gasteiger partial charge on any atom is 0.278 e. The highest BCUT2D eigenvalue weighted by molar-refractivity contribution is 6.36. The summed E-state index contributed by atoms with van der Waals surface area (Å²) in [4.78, 5) is 32.2. The molecule has 6 nitrogen and oxygen atoms in total. The first kappa shape index (κ1) is 21.3. The number of carbonyl (C=O) groups excluding carboxylic acids is 2. The third-order valence-corrected chi connectivity index (χ3v) is 5.55. The van der Waals surface area contributed by atoms with Crippen molar-refractivity contribution in [3.8, 4) is 5.75 Å². The number of nitrogens with one attached hydrogen (secondary N) is 1. The van der Waals surface area contributed by atoms with Crippen molar-refractivity contribution in [2.45, 2.75) is 27.3 Å².